The van der Waals surface area contributed by atoms with Crippen molar-refractivity contribution in [1.82, 2.24) is 15.5 Å². The monoisotopic (exact) mass is 349 g/mol. The number of halogens is 1. The highest BCUT2D eigenvalue weighted by atomic mass is 35.5. The van der Waals surface area contributed by atoms with Gasteiger partial charge < -0.3 is 10.6 Å². The Hall–Kier alpha value is -1.10. The molecule has 1 heterocycles. The summed E-state index contributed by atoms with van der Waals surface area (Å²) in [6.45, 7) is 5.89. The fourth-order valence-electron chi connectivity index (χ4n) is 4.00. The van der Waals surface area contributed by atoms with Crippen LogP contribution >= 0.6 is 11.6 Å². The van der Waals surface area contributed by atoms with Gasteiger partial charge in [-0.05, 0) is 30.5 Å². The zero-order valence-corrected chi connectivity index (χ0v) is 15.1. The SMILES string of the molecule is O=C(NCCN1CCNCC1)C1(c2ccc(Cl)cc2)CCCCC1. The second-order valence-electron chi connectivity index (χ2n) is 7.00. The van der Waals surface area contributed by atoms with Crippen molar-refractivity contribution < 1.29 is 4.79 Å². The van der Waals surface area contributed by atoms with Gasteiger partial charge >= 0.3 is 0 Å². The maximum atomic E-state index is 13.1. The molecule has 2 aliphatic rings. The maximum absolute atomic E-state index is 13.1. The van der Waals surface area contributed by atoms with Crippen molar-refractivity contribution in [2.24, 2.45) is 0 Å². The van der Waals surface area contributed by atoms with Crippen LogP contribution in [-0.2, 0) is 10.2 Å². The smallest absolute Gasteiger partial charge is 0.230 e. The number of carbonyl (C=O) groups is 1. The normalized spacial score (nSPS) is 21.4. The summed E-state index contributed by atoms with van der Waals surface area (Å²) in [7, 11) is 0. The van der Waals surface area contributed by atoms with Gasteiger partial charge in [-0.2, -0.15) is 0 Å². The van der Waals surface area contributed by atoms with E-state index in [0.717, 1.165) is 75.5 Å². The number of nitrogens with zero attached hydrogens (tertiary/aromatic N) is 1. The molecule has 3 rings (SSSR count). The Bertz CT molecular complexity index is 534. The molecule has 0 unspecified atom stereocenters. The molecular formula is C19H28ClN3O. The highest BCUT2D eigenvalue weighted by Gasteiger charge is 2.40. The third-order valence-electron chi connectivity index (χ3n) is 5.46. The van der Waals surface area contributed by atoms with Gasteiger partial charge in [0.15, 0.2) is 0 Å². The van der Waals surface area contributed by atoms with Gasteiger partial charge in [-0.15, -0.1) is 0 Å². The molecule has 5 heteroatoms. The molecule has 132 valence electrons. The number of carbonyl (C=O) groups excluding carboxylic acids is 1. The van der Waals surface area contributed by atoms with Crippen molar-refractivity contribution in [2.45, 2.75) is 37.5 Å². The van der Waals surface area contributed by atoms with Crippen LogP contribution in [0.15, 0.2) is 24.3 Å². The minimum Gasteiger partial charge on any atom is -0.354 e. The molecule has 0 radical (unpaired) electrons. The van der Waals surface area contributed by atoms with Crippen molar-refractivity contribution in [3.05, 3.63) is 34.9 Å². The first kappa shape index (κ1) is 17.7. The Kier molecular flexibility index (Phi) is 6.14. The number of amides is 1. The standard InChI is InChI=1S/C19H28ClN3O/c20-17-6-4-16(5-7-17)19(8-2-1-3-9-19)18(24)22-12-15-23-13-10-21-11-14-23/h4-7,21H,1-3,8-15H2,(H,22,24). The third-order valence-corrected chi connectivity index (χ3v) is 5.71. The van der Waals surface area contributed by atoms with E-state index in [1.165, 1.54) is 6.42 Å². The minimum absolute atomic E-state index is 0.194. The molecule has 1 aliphatic carbocycles. The Balaban J connectivity index is 1.64. The van der Waals surface area contributed by atoms with Crippen molar-refractivity contribution in [2.75, 3.05) is 39.3 Å². The van der Waals surface area contributed by atoms with Crippen LogP contribution < -0.4 is 10.6 Å². The molecule has 1 amide bonds. The molecule has 1 saturated heterocycles. The fraction of sp³-hybridized carbons (Fsp3) is 0.632. The van der Waals surface area contributed by atoms with Gasteiger partial charge in [0, 0.05) is 44.3 Å². The van der Waals surface area contributed by atoms with E-state index in [-0.39, 0.29) is 11.3 Å². The molecule has 2 N–H and O–H groups in total. The number of hydrogen-bond acceptors (Lipinski definition) is 3. The zero-order valence-electron chi connectivity index (χ0n) is 14.3. The molecule has 1 aliphatic heterocycles. The molecule has 1 aromatic carbocycles. The van der Waals surface area contributed by atoms with Gasteiger partial charge in [0.1, 0.15) is 0 Å². The average Bonchev–Trinajstić information content (AvgIpc) is 2.63. The van der Waals surface area contributed by atoms with E-state index < -0.39 is 0 Å². The molecule has 0 spiro atoms. The number of nitrogens with one attached hydrogen (secondary N) is 2. The highest BCUT2D eigenvalue weighted by Crippen LogP contribution is 2.40. The van der Waals surface area contributed by atoms with E-state index in [1.54, 1.807) is 0 Å². The summed E-state index contributed by atoms with van der Waals surface area (Å²) < 4.78 is 0. The zero-order chi connectivity index (χ0) is 16.8. The van der Waals surface area contributed by atoms with Crippen molar-refractivity contribution in [1.29, 1.82) is 0 Å². The number of rotatable bonds is 5. The Morgan fingerprint density at radius 2 is 1.79 bits per heavy atom. The molecular weight excluding hydrogens is 322 g/mol. The number of hydrogen-bond donors (Lipinski definition) is 2. The van der Waals surface area contributed by atoms with Crippen molar-refractivity contribution >= 4 is 17.5 Å². The molecule has 0 atom stereocenters. The van der Waals surface area contributed by atoms with Crippen LogP contribution in [0.4, 0.5) is 0 Å². The van der Waals surface area contributed by atoms with Gasteiger partial charge in [0.2, 0.25) is 5.91 Å². The lowest BCUT2D eigenvalue weighted by Gasteiger charge is -2.37. The molecule has 2 fully saturated rings. The topological polar surface area (TPSA) is 44.4 Å². The summed E-state index contributed by atoms with van der Waals surface area (Å²) in [5, 5.41) is 7.30. The minimum atomic E-state index is -0.369. The predicted molar refractivity (Wildman–Crippen MR) is 98.5 cm³/mol. The molecule has 4 nitrogen and oxygen atoms in total. The first-order valence-electron chi connectivity index (χ1n) is 9.18. The van der Waals surface area contributed by atoms with Gasteiger partial charge in [-0.1, -0.05) is 43.0 Å². The van der Waals surface area contributed by atoms with E-state index in [1.807, 2.05) is 24.3 Å². The van der Waals surface area contributed by atoms with E-state index in [4.69, 9.17) is 11.6 Å². The van der Waals surface area contributed by atoms with Gasteiger partial charge in [0.05, 0.1) is 5.41 Å². The van der Waals surface area contributed by atoms with E-state index in [2.05, 4.69) is 15.5 Å². The van der Waals surface area contributed by atoms with E-state index in [0.29, 0.717) is 0 Å². The van der Waals surface area contributed by atoms with Crippen LogP contribution in [0.2, 0.25) is 5.02 Å². The maximum Gasteiger partial charge on any atom is 0.230 e. The molecule has 0 aromatic heterocycles. The van der Waals surface area contributed by atoms with Crippen LogP contribution in [0.1, 0.15) is 37.7 Å². The van der Waals surface area contributed by atoms with Crippen LogP contribution in [-0.4, -0.2) is 50.1 Å². The number of benzene rings is 1. The van der Waals surface area contributed by atoms with Crippen LogP contribution in [0.25, 0.3) is 0 Å². The Labute approximate surface area is 149 Å². The summed E-state index contributed by atoms with van der Waals surface area (Å²) >= 11 is 6.03. The first-order chi connectivity index (χ1) is 11.7. The average molecular weight is 350 g/mol. The second-order valence-corrected chi connectivity index (χ2v) is 7.43. The summed E-state index contributed by atoms with van der Waals surface area (Å²) in [4.78, 5) is 15.5. The lowest BCUT2D eigenvalue weighted by atomic mass is 9.68. The third kappa shape index (κ3) is 4.11. The lowest BCUT2D eigenvalue weighted by molar-refractivity contribution is -0.128. The van der Waals surface area contributed by atoms with E-state index >= 15 is 0 Å². The summed E-state index contributed by atoms with van der Waals surface area (Å²) in [6, 6.07) is 7.87. The van der Waals surface area contributed by atoms with Crippen LogP contribution in [0.3, 0.4) is 0 Å². The van der Waals surface area contributed by atoms with Crippen molar-refractivity contribution in [3.63, 3.8) is 0 Å². The lowest BCUT2D eigenvalue weighted by Crippen LogP contribution is -2.50. The second kappa shape index (κ2) is 8.32. The summed E-state index contributed by atoms with van der Waals surface area (Å²) in [6.07, 6.45) is 5.34. The van der Waals surface area contributed by atoms with E-state index in [9.17, 15) is 4.79 Å². The van der Waals surface area contributed by atoms with Crippen LogP contribution in [0, 0.1) is 0 Å². The largest absolute Gasteiger partial charge is 0.354 e. The Morgan fingerprint density at radius 1 is 1.12 bits per heavy atom. The number of piperazine rings is 1. The van der Waals surface area contributed by atoms with Gasteiger partial charge in [-0.3, -0.25) is 9.69 Å². The molecule has 1 aromatic rings. The molecule has 1 saturated carbocycles. The van der Waals surface area contributed by atoms with Gasteiger partial charge in [-0.25, -0.2) is 0 Å². The van der Waals surface area contributed by atoms with Crippen molar-refractivity contribution in [3.8, 4) is 0 Å². The summed E-state index contributed by atoms with van der Waals surface area (Å²) in [5.74, 6) is 0.194. The quantitative estimate of drug-likeness (QED) is 0.858. The van der Waals surface area contributed by atoms with Gasteiger partial charge in [0.25, 0.3) is 0 Å². The molecule has 0 bridgehead atoms. The highest BCUT2D eigenvalue weighted by molar-refractivity contribution is 6.30. The predicted octanol–water partition coefficient (Wildman–Crippen LogP) is 2.56. The molecule has 24 heavy (non-hydrogen) atoms. The summed E-state index contributed by atoms with van der Waals surface area (Å²) in [5.41, 5.74) is 0.748. The Morgan fingerprint density at radius 3 is 2.46 bits per heavy atom. The first-order valence-corrected chi connectivity index (χ1v) is 9.56. The van der Waals surface area contributed by atoms with Crippen LogP contribution in [0.5, 0.6) is 0 Å². The fourth-order valence-corrected chi connectivity index (χ4v) is 4.13.